The molecule has 4 nitrogen and oxygen atoms in total. The van der Waals surface area contributed by atoms with Crippen molar-refractivity contribution >= 4 is 35.0 Å². The fraction of sp³-hybridized carbons (Fsp3) is 0.286. The van der Waals surface area contributed by atoms with Crippen molar-refractivity contribution in [2.75, 3.05) is 0 Å². The monoisotopic (exact) mass is 514 g/mol. The lowest BCUT2D eigenvalue weighted by molar-refractivity contribution is -0.141. The maximum Gasteiger partial charge on any atom is 0.243 e. The average molecular weight is 515 g/mol. The van der Waals surface area contributed by atoms with Gasteiger partial charge < -0.3 is 10.2 Å². The number of hydrogen-bond donors (Lipinski definition) is 1. The molecule has 7 heteroatoms. The molecule has 2 unspecified atom stereocenters. The molecule has 0 aliphatic carbocycles. The molecule has 0 fully saturated rings. The van der Waals surface area contributed by atoms with Gasteiger partial charge in [-0.2, -0.15) is 0 Å². The zero-order valence-electron chi connectivity index (χ0n) is 19.8. The van der Waals surface area contributed by atoms with E-state index in [-0.39, 0.29) is 35.5 Å². The SMILES string of the molecule is CCC(C)NC(=O)C(Cc1ccccc1)N(Cc1ccccc1Cl)C(=O)Cc1c(F)cccc1Cl. The van der Waals surface area contributed by atoms with Crippen LogP contribution in [0.1, 0.15) is 37.0 Å². The minimum absolute atomic E-state index is 0.0703. The number of amides is 2. The second kappa shape index (κ2) is 12.7. The van der Waals surface area contributed by atoms with E-state index in [2.05, 4.69) is 5.32 Å². The van der Waals surface area contributed by atoms with Crippen LogP contribution < -0.4 is 5.32 Å². The average Bonchev–Trinajstić information content (AvgIpc) is 2.85. The number of benzene rings is 3. The molecule has 0 spiro atoms. The first-order valence-electron chi connectivity index (χ1n) is 11.6. The Morgan fingerprint density at radius 3 is 2.26 bits per heavy atom. The molecule has 0 aliphatic heterocycles. The standard InChI is InChI=1S/C28H29Cl2FN2O2/c1-3-19(2)32-28(35)26(16-20-10-5-4-6-11-20)33(18-21-12-7-8-13-23(21)29)27(34)17-22-24(30)14-9-15-25(22)31/h4-15,19,26H,3,16-18H2,1-2H3,(H,32,35). The Morgan fingerprint density at radius 2 is 1.60 bits per heavy atom. The van der Waals surface area contributed by atoms with Gasteiger partial charge in [0.05, 0.1) is 6.42 Å². The lowest BCUT2D eigenvalue weighted by Crippen LogP contribution is -2.52. The van der Waals surface area contributed by atoms with Gasteiger partial charge in [0.1, 0.15) is 11.9 Å². The molecule has 0 radical (unpaired) electrons. The first kappa shape index (κ1) is 26.7. The number of carbonyl (C=O) groups excluding carboxylic acids is 2. The highest BCUT2D eigenvalue weighted by Crippen LogP contribution is 2.24. The molecule has 3 aromatic rings. The fourth-order valence-electron chi connectivity index (χ4n) is 3.76. The van der Waals surface area contributed by atoms with Crippen LogP contribution in [0, 0.1) is 5.82 Å². The Bertz CT molecular complexity index is 1140. The van der Waals surface area contributed by atoms with Crippen molar-refractivity contribution < 1.29 is 14.0 Å². The van der Waals surface area contributed by atoms with E-state index < -0.39 is 17.8 Å². The van der Waals surface area contributed by atoms with Crippen LogP contribution in [0.4, 0.5) is 4.39 Å². The Morgan fingerprint density at radius 1 is 0.943 bits per heavy atom. The summed E-state index contributed by atoms with van der Waals surface area (Å²) in [6.45, 7) is 3.98. The van der Waals surface area contributed by atoms with Crippen molar-refractivity contribution in [2.24, 2.45) is 0 Å². The number of hydrogen-bond acceptors (Lipinski definition) is 2. The smallest absolute Gasteiger partial charge is 0.243 e. The maximum atomic E-state index is 14.5. The predicted octanol–water partition coefficient (Wildman–Crippen LogP) is 6.23. The highest BCUT2D eigenvalue weighted by Gasteiger charge is 2.32. The van der Waals surface area contributed by atoms with E-state index in [4.69, 9.17) is 23.2 Å². The van der Waals surface area contributed by atoms with Crippen molar-refractivity contribution in [1.29, 1.82) is 0 Å². The van der Waals surface area contributed by atoms with Crippen LogP contribution in [0.2, 0.25) is 10.0 Å². The summed E-state index contributed by atoms with van der Waals surface area (Å²) >= 11 is 12.6. The Hall–Kier alpha value is -2.89. The number of nitrogens with zero attached hydrogens (tertiary/aromatic N) is 1. The summed E-state index contributed by atoms with van der Waals surface area (Å²) in [5.41, 5.74) is 1.69. The molecule has 0 saturated heterocycles. The molecule has 184 valence electrons. The van der Waals surface area contributed by atoms with Crippen LogP contribution in [0.3, 0.4) is 0 Å². The van der Waals surface area contributed by atoms with Gasteiger partial charge in [0, 0.05) is 34.6 Å². The van der Waals surface area contributed by atoms with Gasteiger partial charge in [0.25, 0.3) is 0 Å². The number of rotatable bonds is 10. The van der Waals surface area contributed by atoms with Gasteiger partial charge in [-0.1, -0.05) is 84.7 Å². The van der Waals surface area contributed by atoms with Crippen LogP contribution >= 0.6 is 23.2 Å². The van der Waals surface area contributed by atoms with Crippen molar-refractivity contribution in [2.45, 2.75) is 51.7 Å². The number of nitrogens with one attached hydrogen (secondary N) is 1. The molecule has 2 amide bonds. The molecule has 0 saturated carbocycles. The molecule has 3 rings (SSSR count). The van der Waals surface area contributed by atoms with E-state index in [1.54, 1.807) is 18.2 Å². The van der Waals surface area contributed by atoms with E-state index in [0.29, 0.717) is 17.0 Å². The van der Waals surface area contributed by atoms with Crippen molar-refractivity contribution in [1.82, 2.24) is 10.2 Å². The zero-order chi connectivity index (χ0) is 25.4. The maximum absolute atomic E-state index is 14.5. The summed E-state index contributed by atoms with van der Waals surface area (Å²) in [5, 5.41) is 3.65. The van der Waals surface area contributed by atoms with Crippen LogP contribution in [-0.4, -0.2) is 28.8 Å². The van der Waals surface area contributed by atoms with Gasteiger partial charge >= 0.3 is 0 Å². The minimum atomic E-state index is -0.833. The van der Waals surface area contributed by atoms with E-state index in [0.717, 1.165) is 12.0 Å². The minimum Gasteiger partial charge on any atom is -0.352 e. The quantitative estimate of drug-likeness (QED) is 0.348. The Labute approximate surface area is 216 Å². The van der Waals surface area contributed by atoms with Gasteiger partial charge in [-0.3, -0.25) is 9.59 Å². The molecule has 0 aliphatic rings. The number of halogens is 3. The first-order valence-corrected chi connectivity index (χ1v) is 12.4. The Kier molecular flexibility index (Phi) is 9.70. The van der Waals surface area contributed by atoms with Gasteiger partial charge in [-0.25, -0.2) is 4.39 Å². The van der Waals surface area contributed by atoms with E-state index in [1.807, 2.05) is 56.3 Å². The highest BCUT2D eigenvalue weighted by molar-refractivity contribution is 6.31. The lowest BCUT2D eigenvalue weighted by atomic mass is 10.0. The normalized spacial score (nSPS) is 12.6. The second-order valence-electron chi connectivity index (χ2n) is 8.51. The summed E-state index contributed by atoms with van der Waals surface area (Å²) in [6, 6.07) is 20.1. The van der Waals surface area contributed by atoms with Crippen LogP contribution in [0.25, 0.3) is 0 Å². The highest BCUT2D eigenvalue weighted by atomic mass is 35.5. The molecule has 35 heavy (non-hydrogen) atoms. The summed E-state index contributed by atoms with van der Waals surface area (Å²) in [4.78, 5) is 28.7. The van der Waals surface area contributed by atoms with Crippen LogP contribution in [-0.2, 0) is 29.0 Å². The van der Waals surface area contributed by atoms with Crippen molar-refractivity contribution in [3.8, 4) is 0 Å². The van der Waals surface area contributed by atoms with Crippen LogP contribution in [0.5, 0.6) is 0 Å². The van der Waals surface area contributed by atoms with Gasteiger partial charge in [0.2, 0.25) is 11.8 Å². The molecule has 0 heterocycles. The molecule has 2 atom stereocenters. The van der Waals surface area contributed by atoms with E-state index in [1.165, 1.54) is 17.0 Å². The van der Waals surface area contributed by atoms with Gasteiger partial charge in [-0.05, 0) is 42.7 Å². The third kappa shape index (κ3) is 7.30. The molecule has 1 N–H and O–H groups in total. The number of carbonyl (C=O) groups is 2. The third-order valence-electron chi connectivity index (χ3n) is 5.96. The van der Waals surface area contributed by atoms with Crippen molar-refractivity contribution in [3.05, 3.63) is 105 Å². The van der Waals surface area contributed by atoms with E-state index >= 15 is 0 Å². The molecule has 0 bridgehead atoms. The van der Waals surface area contributed by atoms with Crippen LogP contribution in [0.15, 0.2) is 72.8 Å². The summed E-state index contributed by atoms with van der Waals surface area (Å²) in [7, 11) is 0. The van der Waals surface area contributed by atoms with Gasteiger partial charge in [-0.15, -0.1) is 0 Å². The summed E-state index contributed by atoms with van der Waals surface area (Å²) in [5.74, 6) is -1.26. The zero-order valence-corrected chi connectivity index (χ0v) is 21.3. The summed E-state index contributed by atoms with van der Waals surface area (Å²) in [6.07, 6.45) is 0.759. The first-order chi connectivity index (χ1) is 16.8. The molecule has 0 aromatic heterocycles. The predicted molar refractivity (Wildman–Crippen MR) is 139 cm³/mol. The molecular formula is C28H29Cl2FN2O2. The largest absolute Gasteiger partial charge is 0.352 e. The summed E-state index contributed by atoms with van der Waals surface area (Å²) < 4.78 is 14.5. The fourth-order valence-corrected chi connectivity index (χ4v) is 4.18. The lowest BCUT2D eigenvalue weighted by Gasteiger charge is -2.32. The Balaban J connectivity index is 2.02. The molecular weight excluding hydrogens is 486 g/mol. The van der Waals surface area contributed by atoms with E-state index in [9.17, 15) is 14.0 Å². The second-order valence-corrected chi connectivity index (χ2v) is 9.33. The van der Waals surface area contributed by atoms with Gasteiger partial charge in [0.15, 0.2) is 0 Å². The molecule has 3 aromatic carbocycles. The third-order valence-corrected chi connectivity index (χ3v) is 6.68. The van der Waals surface area contributed by atoms with Crippen molar-refractivity contribution in [3.63, 3.8) is 0 Å². The topological polar surface area (TPSA) is 49.4 Å².